The summed E-state index contributed by atoms with van der Waals surface area (Å²) in [6, 6.07) is 15.0. The number of nitrogens with one attached hydrogen (secondary N) is 3. The topological polar surface area (TPSA) is 128 Å². The highest BCUT2D eigenvalue weighted by Crippen LogP contribution is 2.34. The number of aryl methyl sites for hydroxylation is 1. The Labute approximate surface area is 252 Å². The summed E-state index contributed by atoms with van der Waals surface area (Å²) in [5, 5.41) is 9.99. The number of anilines is 3. The van der Waals surface area contributed by atoms with Gasteiger partial charge in [-0.1, -0.05) is 32.9 Å². The number of likely N-dealkylation sites (N-methyl/N-ethyl adjacent to an activating group) is 1. The van der Waals surface area contributed by atoms with Crippen LogP contribution in [0.3, 0.4) is 0 Å². The molecular weight excluding hydrogens is 540 g/mol. The van der Waals surface area contributed by atoms with Crippen LogP contribution in [-0.2, 0) is 4.79 Å². The second kappa shape index (κ2) is 14.2. The van der Waals surface area contributed by atoms with E-state index in [2.05, 4.69) is 52.2 Å². The molecule has 4 rings (SSSR count). The molecule has 2 heterocycles. The number of hydrogen-bond donors (Lipinski definition) is 3. The van der Waals surface area contributed by atoms with Gasteiger partial charge in [0, 0.05) is 25.8 Å². The Bertz CT molecular complexity index is 1670. The van der Waals surface area contributed by atoms with Crippen molar-refractivity contribution in [2.75, 3.05) is 24.7 Å². The molecule has 3 N–H and O–H groups in total. The lowest BCUT2D eigenvalue weighted by Crippen LogP contribution is -2.34. The van der Waals surface area contributed by atoms with Crippen molar-refractivity contribution in [1.82, 2.24) is 19.9 Å². The Balaban J connectivity index is 1.63. The zero-order valence-corrected chi connectivity index (χ0v) is 25.3. The van der Waals surface area contributed by atoms with E-state index >= 15 is 0 Å². The molecule has 1 atom stereocenters. The van der Waals surface area contributed by atoms with E-state index in [9.17, 15) is 4.79 Å². The predicted molar refractivity (Wildman–Crippen MR) is 173 cm³/mol. The van der Waals surface area contributed by atoms with E-state index in [-0.39, 0.29) is 11.9 Å². The number of amides is 1. The number of carbonyl (C=O) groups is 1. The lowest BCUT2D eigenvalue weighted by atomic mass is 10.0. The second-order valence-corrected chi connectivity index (χ2v) is 10.1. The van der Waals surface area contributed by atoms with E-state index in [1.165, 1.54) is 12.4 Å². The summed E-state index contributed by atoms with van der Waals surface area (Å²) < 4.78 is 6.10. The standard InChI is InChI=1S/C33H38N8O2/c1-7-10-22(18-24(8-2)41(6)31(42)9-3)26-14-15-28-32(39-26)33(37-20-36-28)38-23-11-16-30(21(4)17-23)43-25-12-13-27(35-5)29(19-25)40-34/h9,11-20,24,34-35H,3,7-8,10H2,1-2,4-6H3,(H,36,37,38)/b22-18+,40-34?. The van der Waals surface area contributed by atoms with Crippen molar-refractivity contribution in [1.29, 1.82) is 5.53 Å². The molecule has 0 aliphatic rings. The van der Waals surface area contributed by atoms with E-state index in [4.69, 9.17) is 15.3 Å². The molecule has 0 fully saturated rings. The first-order valence-corrected chi connectivity index (χ1v) is 14.3. The van der Waals surface area contributed by atoms with E-state index in [0.29, 0.717) is 28.5 Å². The molecule has 0 radical (unpaired) electrons. The van der Waals surface area contributed by atoms with Crippen LogP contribution in [0.2, 0.25) is 0 Å². The molecule has 4 aromatic rings. The van der Waals surface area contributed by atoms with Crippen molar-refractivity contribution in [2.45, 2.75) is 46.1 Å². The largest absolute Gasteiger partial charge is 0.457 e. The maximum atomic E-state index is 12.3. The Morgan fingerprint density at radius 2 is 1.98 bits per heavy atom. The van der Waals surface area contributed by atoms with Gasteiger partial charge in [0.25, 0.3) is 0 Å². The molecule has 43 heavy (non-hydrogen) atoms. The summed E-state index contributed by atoms with van der Waals surface area (Å²) >= 11 is 0. The van der Waals surface area contributed by atoms with Gasteiger partial charge in [-0.2, -0.15) is 5.11 Å². The fourth-order valence-corrected chi connectivity index (χ4v) is 4.80. The highest BCUT2D eigenvalue weighted by atomic mass is 16.5. The van der Waals surface area contributed by atoms with Gasteiger partial charge in [-0.25, -0.2) is 20.5 Å². The molecule has 0 aliphatic carbocycles. The van der Waals surface area contributed by atoms with Gasteiger partial charge in [0.05, 0.1) is 22.9 Å². The van der Waals surface area contributed by atoms with Gasteiger partial charge in [0.15, 0.2) is 5.82 Å². The van der Waals surface area contributed by atoms with E-state index < -0.39 is 0 Å². The average Bonchev–Trinajstić information content (AvgIpc) is 3.03. The maximum Gasteiger partial charge on any atom is 0.246 e. The second-order valence-electron chi connectivity index (χ2n) is 10.1. The van der Waals surface area contributed by atoms with Crippen LogP contribution in [0, 0.1) is 12.5 Å². The van der Waals surface area contributed by atoms with Gasteiger partial charge in [0.2, 0.25) is 5.91 Å². The Morgan fingerprint density at radius 1 is 1.16 bits per heavy atom. The smallest absolute Gasteiger partial charge is 0.246 e. The van der Waals surface area contributed by atoms with E-state index in [1.807, 2.05) is 49.4 Å². The van der Waals surface area contributed by atoms with Crippen molar-refractivity contribution < 1.29 is 9.53 Å². The van der Waals surface area contributed by atoms with Gasteiger partial charge < -0.3 is 20.3 Å². The lowest BCUT2D eigenvalue weighted by Gasteiger charge is -2.24. The van der Waals surface area contributed by atoms with Crippen LogP contribution >= 0.6 is 0 Å². The van der Waals surface area contributed by atoms with Crippen molar-refractivity contribution in [3.05, 3.63) is 84.8 Å². The monoisotopic (exact) mass is 578 g/mol. The van der Waals surface area contributed by atoms with Crippen LogP contribution in [-0.4, -0.2) is 45.9 Å². The number of pyridine rings is 1. The first kappa shape index (κ1) is 30.8. The summed E-state index contributed by atoms with van der Waals surface area (Å²) in [4.78, 5) is 27.9. The van der Waals surface area contributed by atoms with Gasteiger partial charge in [0.1, 0.15) is 29.0 Å². The summed E-state index contributed by atoms with van der Waals surface area (Å²) in [7, 11) is 3.58. The van der Waals surface area contributed by atoms with Crippen LogP contribution < -0.4 is 15.4 Å². The summed E-state index contributed by atoms with van der Waals surface area (Å²) in [6.45, 7) is 9.78. The Hall–Kier alpha value is -5.12. The van der Waals surface area contributed by atoms with E-state index in [1.54, 1.807) is 25.1 Å². The van der Waals surface area contributed by atoms with Crippen LogP contribution in [0.1, 0.15) is 44.4 Å². The number of benzene rings is 2. The predicted octanol–water partition coefficient (Wildman–Crippen LogP) is 8.18. The SMILES string of the molecule is C=CC(=O)N(C)C(/C=C(\CCC)c1ccc2ncnc(Nc3ccc(Oc4ccc(NC)c(N=N)c4)c(C)c3)c2n1)CC. The van der Waals surface area contributed by atoms with Crippen LogP contribution in [0.25, 0.3) is 16.6 Å². The Morgan fingerprint density at radius 3 is 2.65 bits per heavy atom. The average molecular weight is 579 g/mol. The summed E-state index contributed by atoms with van der Waals surface area (Å²) in [6.07, 6.45) is 7.51. The third kappa shape index (κ3) is 7.21. The lowest BCUT2D eigenvalue weighted by molar-refractivity contribution is -0.126. The minimum absolute atomic E-state index is 0.0768. The molecule has 0 bridgehead atoms. The summed E-state index contributed by atoms with van der Waals surface area (Å²) in [5.74, 6) is 1.75. The van der Waals surface area contributed by atoms with Crippen molar-refractivity contribution >= 4 is 45.4 Å². The first-order valence-electron chi connectivity index (χ1n) is 14.3. The van der Waals surface area contributed by atoms with Crippen molar-refractivity contribution in [3.8, 4) is 11.5 Å². The molecule has 1 unspecified atom stereocenters. The first-order chi connectivity index (χ1) is 20.8. The quantitative estimate of drug-likeness (QED) is 0.108. The fourth-order valence-electron chi connectivity index (χ4n) is 4.80. The number of carbonyl (C=O) groups excluding carboxylic acids is 1. The zero-order valence-electron chi connectivity index (χ0n) is 25.3. The van der Waals surface area contributed by atoms with Gasteiger partial charge in [-0.15, -0.1) is 0 Å². The van der Waals surface area contributed by atoms with Crippen molar-refractivity contribution in [3.63, 3.8) is 0 Å². The normalized spacial score (nSPS) is 12.0. The fraction of sp³-hybridized carbons (Fsp3) is 0.273. The van der Waals surface area contributed by atoms with Gasteiger partial charge >= 0.3 is 0 Å². The van der Waals surface area contributed by atoms with Crippen LogP contribution in [0.5, 0.6) is 11.5 Å². The minimum atomic E-state index is -0.114. The molecule has 10 nitrogen and oxygen atoms in total. The van der Waals surface area contributed by atoms with E-state index in [0.717, 1.165) is 53.0 Å². The molecule has 2 aromatic carbocycles. The molecule has 0 saturated heterocycles. The number of nitrogens with zero attached hydrogens (tertiary/aromatic N) is 5. The highest BCUT2D eigenvalue weighted by Gasteiger charge is 2.17. The molecule has 1 amide bonds. The zero-order chi connectivity index (χ0) is 30.9. The van der Waals surface area contributed by atoms with Crippen LogP contribution in [0.4, 0.5) is 22.9 Å². The molecule has 0 saturated carbocycles. The maximum absolute atomic E-state index is 12.3. The molecule has 0 spiro atoms. The number of aromatic nitrogens is 3. The molecule has 0 aliphatic heterocycles. The number of allylic oxidation sites excluding steroid dienone is 1. The number of ether oxygens (including phenoxy) is 1. The molecule has 10 heteroatoms. The minimum Gasteiger partial charge on any atom is -0.457 e. The number of hydrogen-bond acceptors (Lipinski definition) is 9. The third-order valence-electron chi connectivity index (χ3n) is 7.19. The van der Waals surface area contributed by atoms with Gasteiger partial charge in [-0.3, -0.25) is 4.79 Å². The van der Waals surface area contributed by atoms with Crippen molar-refractivity contribution in [2.24, 2.45) is 5.11 Å². The molecule has 2 aromatic heterocycles. The van der Waals surface area contributed by atoms with Crippen LogP contribution in [0.15, 0.2) is 78.7 Å². The highest BCUT2D eigenvalue weighted by molar-refractivity contribution is 5.89. The third-order valence-corrected chi connectivity index (χ3v) is 7.19. The molecular formula is C33H38N8O2. The Kier molecular flexibility index (Phi) is 10.2. The van der Waals surface area contributed by atoms with Gasteiger partial charge in [-0.05, 0) is 79.4 Å². The summed E-state index contributed by atoms with van der Waals surface area (Å²) in [5.41, 5.74) is 13.7. The number of rotatable bonds is 13. The number of fused-ring (bicyclic) bond motifs is 1. The molecule has 222 valence electrons.